The largest absolute Gasteiger partial charge is 0.491 e. The van der Waals surface area contributed by atoms with Crippen LogP contribution in [0.15, 0.2) is 58.4 Å². The third kappa shape index (κ3) is 7.28. The second-order valence-electron chi connectivity index (χ2n) is 11.5. The van der Waals surface area contributed by atoms with Gasteiger partial charge in [0.1, 0.15) is 17.6 Å². The summed E-state index contributed by atoms with van der Waals surface area (Å²) in [4.78, 5) is 30.1. The molecule has 0 N–H and O–H groups in total. The molecular formula is C31H29Cl2F3N4O5. The Hall–Kier alpha value is -4.03. The topological polar surface area (TPSA) is 101 Å². The Morgan fingerprint density at radius 2 is 1.82 bits per heavy atom. The summed E-state index contributed by atoms with van der Waals surface area (Å²) in [5.74, 6) is -0.915. The Kier molecular flexibility index (Phi) is 8.92. The van der Waals surface area contributed by atoms with Crippen LogP contribution in [-0.2, 0) is 30.4 Å². The van der Waals surface area contributed by atoms with E-state index in [9.17, 15) is 22.8 Å². The van der Waals surface area contributed by atoms with Gasteiger partial charge in [-0.2, -0.15) is 18.3 Å². The van der Waals surface area contributed by atoms with Crippen LogP contribution in [0.2, 0.25) is 10.0 Å². The van der Waals surface area contributed by atoms with Gasteiger partial charge in [0.05, 0.1) is 34.7 Å². The van der Waals surface area contributed by atoms with Crippen LogP contribution in [0.4, 0.5) is 18.0 Å². The highest BCUT2D eigenvalue weighted by Crippen LogP contribution is 2.44. The number of hydrogen-bond acceptors (Lipinski definition) is 6. The molecule has 0 fully saturated rings. The van der Waals surface area contributed by atoms with Crippen molar-refractivity contribution in [2.75, 3.05) is 6.61 Å². The number of nitrogens with zero attached hydrogens (tertiary/aromatic N) is 4. The minimum Gasteiger partial charge on any atom is -0.491 e. The van der Waals surface area contributed by atoms with Crippen LogP contribution in [0, 0.1) is 5.92 Å². The number of Topliss-reactive ketones (excluding diaryl/α,β-unsaturated/α-hetero) is 1. The summed E-state index contributed by atoms with van der Waals surface area (Å²) in [5, 5.41) is 4.46. The summed E-state index contributed by atoms with van der Waals surface area (Å²) in [6.07, 6.45) is -1.29. The number of alkyl halides is 3. The summed E-state index contributed by atoms with van der Waals surface area (Å²) in [7, 11) is 0. The van der Waals surface area contributed by atoms with Gasteiger partial charge in [-0.15, -0.1) is 4.99 Å². The molecule has 0 aliphatic carbocycles. The van der Waals surface area contributed by atoms with E-state index in [-0.39, 0.29) is 60.0 Å². The van der Waals surface area contributed by atoms with Crippen molar-refractivity contribution in [2.24, 2.45) is 10.9 Å². The summed E-state index contributed by atoms with van der Waals surface area (Å²) in [6, 6.07) is 8.11. The number of carbonyl (C=O) groups excluding carboxylic acids is 2. The average molecular weight is 665 g/mol. The molecule has 5 rings (SSSR count). The molecule has 0 saturated heterocycles. The van der Waals surface area contributed by atoms with E-state index in [1.165, 1.54) is 34.0 Å². The molecular weight excluding hydrogens is 636 g/mol. The van der Waals surface area contributed by atoms with Gasteiger partial charge in [-0.1, -0.05) is 29.3 Å². The number of rotatable bonds is 6. The molecule has 0 radical (unpaired) electrons. The fraction of sp³-hybridized carbons (Fsp3) is 0.355. The number of fused-ring (bicyclic) bond motifs is 1. The van der Waals surface area contributed by atoms with E-state index in [1.54, 1.807) is 52.0 Å². The molecule has 45 heavy (non-hydrogen) atoms. The van der Waals surface area contributed by atoms with Crippen molar-refractivity contribution in [3.63, 3.8) is 0 Å². The maximum absolute atomic E-state index is 14.2. The van der Waals surface area contributed by atoms with Crippen LogP contribution in [-0.4, -0.2) is 38.4 Å². The molecule has 1 amide bonds. The van der Waals surface area contributed by atoms with Gasteiger partial charge in [0, 0.05) is 30.1 Å². The average Bonchev–Trinajstić information content (AvgIpc) is 3.58. The molecule has 1 atom stereocenters. The Morgan fingerprint density at radius 1 is 1.09 bits per heavy atom. The lowest BCUT2D eigenvalue weighted by molar-refractivity contribution is -0.141. The van der Waals surface area contributed by atoms with Gasteiger partial charge in [-0.3, -0.25) is 14.0 Å². The summed E-state index contributed by atoms with van der Waals surface area (Å²) in [5.41, 5.74) is -0.866. The molecule has 4 aromatic rings. The zero-order chi connectivity index (χ0) is 32.7. The highest BCUT2D eigenvalue weighted by molar-refractivity contribution is 6.42. The normalized spacial score (nSPS) is 15.6. The number of hydrogen-bond donors (Lipinski definition) is 0. The van der Waals surface area contributed by atoms with Crippen LogP contribution >= 0.6 is 23.2 Å². The predicted octanol–water partition coefficient (Wildman–Crippen LogP) is 7.61. The Labute approximate surface area is 266 Å². The molecule has 3 heterocycles. The first kappa shape index (κ1) is 32.4. The predicted molar refractivity (Wildman–Crippen MR) is 159 cm³/mol. The van der Waals surface area contributed by atoms with Crippen LogP contribution in [0.1, 0.15) is 54.9 Å². The molecule has 0 spiro atoms. The third-order valence-corrected chi connectivity index (χ3v) is 7.66. The lowest BCUT2D eigenvalue weighted by atomic mass is 9.86. The number of ketones is 1. The van der Waals surface area contributed by atoms with Crippen LogP contribution in [0.25, 0.3) is 11.1 Å². The molecule has 9 nitrogen and oxygen atoms in total. The van der Waals surface area contributed by atoms with E-state index in [1.807, 2.05) is 0 Å². The quantitative estimate of drug-likeness (QED) is 0.210. The minimum absolute atomic E-state index is 0.00752. The number of aromatic nitrogens is 3. The lowest BCUT2D eigenvalue weighted by Crippen LogP contribution is -2.30. The van der Waals surface area contributed by atoms with E-state index in [2.05, 4.69) is 10.1 Å². The monoisotopic (exact) mass is 664 g/mol. The molecule has 238 valence electrons. The SMILES string of the molecule is CCn1cc(-c2cc(Cn3cco/c3=N/C(=O)OC(C)(C)C)cc3c2OC[C@H](Cc2ccc(Cl)c(Cl)c2)C3=O)c(C(F)(F)F)n1. The molecule has 1 aliphatic rings. The van der Waals surface area contributed by atoms with Crippen molar-refractivity contribution < 1.29 is 36.7 Å². The molecule has 0 bridgehead atoms. The van der Waals surface area contributed by atoms with Gasteiger partial charge in [0.2, 0.25) is 0 Å². The lowest BCUT2D eigenvalue weighted by Gasteiger charge is -2.27. The Bertz CT molecular complexity index is 1840. The fourth-order valence-corrected chi connectivity index (χ4v) is 5.28. The smallest absolute Gasteiger partial charge is 0.438 e. The van der Waals surface area contributed by atoms with Crippen molar-refractivity contribution in [3.05, 3.63) is 87.1 Å². The number of amides is 1. The van der Waals surface area contributed by atoms with E-state index < -0.39 is 29.5 Å². The van der Waals surface area contributed by atoms with Gasteiger partial charge in [-0.25, -0.2) is 4.79 Å². The number of ether oxygens (including phenoxy) is 2. The maximum Gasteiger partial charge on any atom is 0.438 e. The van der Waals surface area contributed by atoms with Gasteiger partial charge in [0.15, 0.2) is 11.5 Å². The van der Waals surface area contributed by atoms with Crippen LogP contribution in [0.5, 0.6) is 5.75 Å². The van der Waals surface area contributed by atoms with Gasteiger partial charge < -0.3 is 13.9 Å². The standard InChI is InChI=1S/C31H29Cl2F3N4O5/c1-5-40-15-22(27(38-40)31(34,35)36)20-11-18(14-39-8-9-43-28(39)37-29(42)45-30(2,3)4)12-21-25(41)19(16-44-26(20)21)10-17-6-7-23(32)24(33)13-17/h6-9,11-13,15,19H,5,10,14,16H2,1-4H3/b37-28+/t19-/m0/s1. The van der Waals surface area contributed by atoms with E-state index in [4.69, 9.17) is 37.1 Å². The molecule has 0 saturated carbocycles. The van der Waals surface area contributed by atoms with E-state index in [0.29, 0.717) is 15.6 Å². The first-order chi connectivity index (χ1) is 21.1. The summed E-state index contributed by atoms with van der Waals surface area (Å²) >= 11 is 12.2. The van der Waals surface area contributed by atoms with Gasteiger partial charge >= 0.3 is 18.0 Å². The number of carbonyl (C=O) groups is 2. The molecule has 14 heteroatoms. The first-order valence-corrected chi connectivity index (χ1v) is 14.7. The fourth-order valence-electron chi connectivity index (χ4n) is 4.96. The second kappa shape index (κ2) is 12.4. The molecule has 2 aromatic heterocycles. The Balaban J connectivity index is 1.60. The van der Waals surface area contributed by atoms with Crippen LogP contribution < -0.4 is 10.4 Å². The van der Waals surface area contributed by atoms with Crippen molar-refractivity contribution in [2.45, 2.75) is 59.0 Å². The number of benzene rings is 2. The molecule has 0 unspecified atom stereocenters. The second-order valence-corrected chi connectivity index (χ2v) is 12.3. The highest BCUT2D eigenvalue weighted by Gasteiger charge is 2.40. The van der Waals surface area contributed by atoms with Crippen molar-refractivity contribution in [3.8, 4) is 16.9 Å². The van der Waals surface area contributed by atoms with Crippen molar-refractivity contribution in [1.29, 1.82) is 0 Å². The Morgan fingerprint density at radius 3 is 2.49 bits per heavy atom. The van der Waals surface area contributed by atoms with Gasteiger partial charge in [-0.05, 0) is 69.5 Å². The first-order valence-electron chi connectivity index (χ1n) is 14.0. The van der Waals surface area contributed by atoms with Crippen molar-refractivity contribution >= 4 is 35.1 Å². The van der Waals surface area contributed by atoms with E-state index in [0.717, 1.165) is 5.56 Å². The van der Waals surface area contributed by atoms with E-state index >= 15 is 0 Å². The zero-order valence-corrected chi connectivity index (χ0v) is 26.3. The summed E-state index contributed by atoms with van der Waals surface area (Å²) < 4.78 is 61.9. The highest BCUT2D eigenvalue weighted by atomic mass is 35.5. The number of aryl methyl sites for hydroxylation is 1. The van der Waals surface area contributed by atoms with Crippen LogP contribution in [0.3, 0.4) is 0 Å². The van der Waals surface area contributed by atoms with Gasteiger partial charge in [0.25, 0.3) is 0 Å². The minimum atomic E-state index is -4.77. The maximum atomic E-state index is 14.2. The molecule has 1 aliphatic heterocycles. The number of halogens is 5. The zero-order valence-electron chi connectivity index (χ0n) is 24.7. The third-order valence-electron chi connectivity index (χ3n) is 6.92. The van der Waals surface area contributed by atoms with Crippen molar-refractivity contribution in [1.82, 2.24) is 14.3 Å². The molecule has 2 aromatic carbocycles. The summed E-state index contributed by atoms with van der Waals surface area (Å²) in [6.45, 7) is 6.86. The number of oxazole rings is 1.